The molecule has 2 heteroatoms. The lowest BCUT2D eigenvalue weighted by atomic mass is 9.97. The largest absolute Gasteiger partial charge is 0.446 e. The van der Waals surface area contributed by atoms with Crippen LogP contribution in [0.1, 0.15) is 59.8 Å². The van der Waals surface area contributed by atoms with Crippen LogP contribution in [0.25, 0.3) is 0 Å². The zero-order valence-electron chi connectivity index (χ0n) is 10.4. The molecule has 0 spiro atoms. The molecule has 15 heavy (non-hydrogen) atoms. The Morgan fingerprint density at radius 2 is 1.87 bits per heavy atom. The van der Waals surface area contributed by atoms with Crippen LogP contribution in [0.3, 0.4) is 0 Å². The number of hydrogen-bond acceptors (Lipinski definition) is 2. The first kappa shape index (κ1) is 14.0. The van der Waals surface area contributed by atoms with Gasteiger partial charge in [-0.1, -0.05) is 39.0 Å². The zero-order valence-corrected chi connectivity index (χ0v) is 10.4. The van der Waals surface area contributed by atoms with Crippen LogP contribution in [0.15, 0.2) is 0 Å². The van der Waals surface area contributed by atoms with Gasteiger partial charge in [-0.15, -0.1) is 0 Å². The Labute approximate surface area is 93.4 Å². The fourth-order valence-corrected chi connectivity index (χ4v) is 1.36. The van der Waals surface area contributed by atoms with Crippen molar-refractivity contribution in [2.45, 2.75) is 65.4 Å². The number of hydrogen-bond donors (Lipinski definition) is 0. The van der Waals surface area contributed by atoms with Crippen molar-refractivity contribution < 1.29 is 9.53 Å². The molecule has 0 saturated carbocycles. The highest BCUT2D eigenvalue weighted by Crippen LogP contribution is 2.19. The average Bonchev–Trinajstić information content (AvgIpc) is 2.22. The molecule has 86 valence electrons. The Morgan fingerprint density at radius 1 is 1.27 bits per heavy atom. The minimum atomic E-state index is -0.556. The molecule has 0 bridgehead atoms. The van der Waals surface area contributed by atoms with Gasteiger partial charge in [0.2, 0.25) is 0 Å². The van der Waals surface area contributed by atoms with Crippen LogP contribution >= 0.6 is 0 Å². The molecule has 0 aliphatic rings. The number of ether oxygens (including phenoxy) is 1. The molecular formula is C13H22O2. The van der Waals surface area contributed by atoms with E-state index in [2.05, 4.69) is 18.8 Å². The fourth-order valence-electron chi connectivity index (χ4n) is 1.36. The fraction of sp³-hybridized carbons (Fsp3) is 0.769. The number of unbranched alkanes of at least 4 members (excludes halogenated alkanes) is 2. The summed E-state index contributed by atoms with van der Waals surface area (Å²) < 4.78 is 5.30. The van der Waals surface area contributed by atoms with Gasteiger partial charge < -0.3 is 4.74 Å². The van der Waals surface area contributed by atoms with Crippen LogP contribution in [-0.2, 0) is 9.53 Å². The number of esters is 1. The highest BCUT2D eigenvalue weighted by molar-refractivity contribution is 5.67. The van der Waals surface area contributed by atoms with Crippen LogP contribution in [0.2, 0.25) is 0 Å². The van der Waals surface area contributed by atoms with Gasteiger partial charge in [-0.25, -0.2) is 0 Å². The van der Waals surface area contributed by atoms with E-state index in [1.165, 1.54) is 6.92 Å². The van der Waals surface area contributed by atoms with Crippen molar-refractivity contribution >= 4 is 5.97 Å². The van der Waals surface area contributed by atoms with E-state index in [0.29, 0.717) is 0 Å². The summed E-state index contributed by atoms with van der Waals surface area (Å²) >= 11 is 0. The molecule has 0 aromatic rings. The zero-order chi connectivity index (χ0) is 11.7. The van der Waals surface area contributed by atoms with Crippen LogP contribution in [0.4, 0.5) is 0 Å². The molecule has 0 aliphatic carbocycles. The standard InChI is InChI=1S/C13H22O2/c1-5-8-9-10-11-13(6-2,7-3)15-12(4)14/h5-9H2,1-4H3. The van der Waals surface area contributed by atoms with E-state index >= 15 is 0 Å². The Kier molecular flexibility index (Phi) is 6.86. The monoisotopic (exact) mass is 210 g/mol. The molecule has 0 aliphatic heterocycles. The van der Waals surface area contributed by atoms with Gasteiger partial charge in [-0.2, -0.15) is 0 Å². The van der Waals surface area contributed by atoms with Crippen molar-refractivity contribution in [3.8, 4) is 11.8 Å². The van der Waals surface area contributed by atoms with Gasteiger partial charge in [-0.3, -0.25) is 4.79 Å². The lowest BCUT2D eigenvalue weighted by Crippen LogP contribution is -2.31. The number of rotatable bonds is 5. The topological polar surface area (TPSA) is 26.3 Å². The van der Waals surface area contributed by atoms with Gasteiger partial charge in [0.15, 0.2) is 5.60 Å². The summed E-state index contributed by atoms with van der Waals surface area (Å²) in [7, 11) is 0. The lowest BCUT2D eigenvalue weighted by molar-refractivity contribution is -0.152. The summed E-state index contributed by atoms with van der Waals surface area (Å²) in [6, 6.07) is 0. The molecule has 0 N–H and O–H groups in total. The van der Waals surface area contributed by atoms with Crippen LogP contribution < -0.4 is 0 Å². The SMILES string of the molecule is CCCCC#CC(CC)(CC)OC(C)=O. The Balaban J connectivity index is 4.45. The molecule has 0 unspecified atom stereocenters. The van der Waals surface area contributed by atoms with E-state index < -0.39 is 5.60 Å². The van der Waals surface area contributed by atoms with E-state index in [0.717, 1.165) is 32.1 Å². The third-order valence-electron chi connectivity index (χ3n) is 2.45. The van der Waals surface area contributed by atoms with E-state index in [1.54, 1.807) is 0 Å². The highest BCUT2D eigenvalue weighted by Gasteiger charge is 2.26. The third kappa shape index (κ3) is 5.47. The van der Waals surface area contributed by atoms with Gasteiger partial charge in [0.05, 0.1) is 0 Å². The van der Waals surface area contributed by atoms with Crippen LogP contribution in [-0.4, -0.2) is 11.6 Å². The molecule has 0 atom stereocenters. The van der Waals surface area contributed by atoms with E-state index in [-0.39, 0.29) is 5.97 Å². The van der Waals surface area contributed by atoms with Crippen molar-refractivity contribution in [2.24, 2.45) is 0 Å². The Hall–Kier alpha value is -0.970. The average molecular weight is 210 g/mol. The van der Waals surface area contributed by atoms with Crippen LogP contribution in [0.5, 0.6) is 0 Å². The third-order valence-corrected chi connectivity index (χ3v) is 2.45. The molecule has 0 heterocycles. The first-order chi connectivity index (χ1) is 7.10. The summed E-state index contributed by atoms with van der Waals surface area (Å²) in [5, 5.41) is 0. The van der Waals surface area contributed by atoms with Crippen molar-refractivity contribution in [1.82, 2.24) is 0 Å². The predicted octanol–water partition coefficient (Wildman–Crippen LogP) is 3.30. The van der Waals surface area contributed by atoms with E-state index in [4.69, 9.17) is 4.74 Å². The molecular weight excluding hydrogens is 188 g/mol. The number of carbonyl (C=O) groups excluding carboxylic acids is 1. The quantitative estimate of drug-likeness (QED) is 0.395. The number of carbonyl (C=O) groups is 1. The first-order valence-corrected chi connectivity index (χ1v) is 5.79. The minimum absolute atomic E-state index is 0.247. The summed E-state index contributed by atoms with van der Waals surface area (Å²) in [5.74, 6) is 5.97. The van der Waals surface area contributed by atoms with Crippen molar-refractivity contribution in [2.75, 3.05) is 0 Å². The maximum atomic E-state index is 11.0. The maximum absolute atomic E-state index is 11.0. The molecule has 0 fully saturated rings. The lowest BCUT2D eigenvalue weighted by Gasteiger charge is -2.25. The van der Waals surface area contributed by atoms with E-state index in [1.807, 2.05) is 13.8 Å². The molecule has 0 aromatic heterocycles. The second kappa shape index (κ2) is 7.34. The van der Waals surface area contributed by atoms with Crippen molar-refractivity contribution in [3.63, 3.8) is 0 Å². The van der Waals surface area contributed by atoms with Gasteiger partial charge in [-0.05, 0) is 19.3 Å². The van der Waals surface area contributed by atoms with Gasteiger partial charge in [0.25, 0.3) is 0 Å². The van der Waals surface area contributed by atoms with Crippen LogP contribution in [0, 0.1) is 11.8 Å². The summed E-state index contributed by atoms with van der Waals surface area (Å²) in [5.41, 5.74) is -0.556. The second-order valence-corrected chi connectivity index (χ2v) is 3.70. The molecule has 0 radical (unpaired) electrons. The minimum Gasteiger partial charge on any atom is -0.446 e. The molecule has 2 nitrogen and oxygen atoms in total. The maximum Gasteiger partial charge on any atom is 0.304 e. The van der Waals surface area contributed by atoms with Gasteiger partial charge in [0, 0.05) is 13.3 Å². The van der Waals surface area contributed by atoms with Gasteiger partial charge in [0.1, 0.15) is 0 Å². The molecule has 0 saturated heterocycles. The Bertz CT molecular complexity index is 241. The highest BCUT2D eigenvalue weighted by atomic mass is 16.6. The smallest absolute Gasteiger partial charge is 0.304 e. The summed E-state index contributed by atoms with van der Waals surface area (Å²) in [6.07, 6.45) is 4.65. The molecule has 0 amide bonds. The van der Waals surface area contributed by atoms with Gasteiger partial charge >= 0.3 is 5.97 Å². The first-order valence-electron chi connectivity index (χ1n) is 5.79. The normalized spacial score (nSPS) is 10.4. The van der Waals surface area contributed by atoms with Crippen molar-refractivity contribution in [3.05, 3.63) is 0 Å². The molecule has 0 aromatic carbocycles. The van der Waals surface area contributed by atoms with E-state index in [9.17, 15) is 4.79 Å². The predicted molar refractivity (Wildman–Crippen MR) is 62.4 cm³/mol. The Morgan fingerprint density at radius 3 is 2.27 bits per heavy atom. The second-order valence-electron chi connectivity index (χ2n) is 3.70. The van der Waals surface area contributed by atoms with Crippen molar-refractivity contribution in [1.29, 1.82) is 0 Å². The summed E-state index contributed by atoms with van der Waals surface area (Å²) in [6.45, 7) is 7.58. The summed E-state index contributed by atoms with van der Waals surface area (Å²) in [4.78, 5) is 11.0. The molecule has 0 rings (SSSR count).